The summed E-state index contributed by atoms with van der Waals surface area (Å²) in [5, 5.41) is 18.9. The molecule has 192 valence electrons. The zero-order valence-corrected chi connectivity index (χ0v) is 18.4. The first kappa shape index (κ1) is 26.9. The summed E-state index contributed by atoms with van der Waals surface area (Å²) in [6.45, 7) is -0.185. The molecule has 0 heterocycles. The highest BCUT2D eigenvalue weighted by atomic mass is 19.4. The average molecular weight is 514 g/mol. The van der Waals surface area contributed by atoms with Gasteiger partial charge in [0.25, 0.3) is 5.60 Å². The molecule has 0 aliphatic rings. The molecular weight excluding hydrogens is 494 g/mol. The number of hydrogen-bond acceptors (Lipinski definition) is 4. The number of benzene rings is 3. The van der Waals surface area contributed by atoms with Crippen molar-refractivity contribution in [2.75, 3.05) is 6.61 Å². The molecule has 0 fully saturated rings. The zero-order chi connectivity index (χ0) is 26.6. The van der Waals surface area contributed by atoms with Gasteiger partial charge in [0, 0.05) is 12.0 Å². The van der Waals surface area contributed by atoms with Gasteiger partial charge in [0.1, 0.15) is 29.8 Å². The molecule has 36 heavy (non-hydrogen) atoms. The molecule has 11 heteroatoms. The van der Waals surface area contributed by atoms with Crippen molar-refractivity contribution in [2.24, 2.45) is 0 Å². The predicted octanol–water partition coefficient (Wildman–Crippen LogP) is 5.77. The molecule has 0 saturated carbocycles. The molecule has 0 spiro atoms. The van der Waals surface area contributed by atoms with Crippen molar-refractivity contribution in [3.63, 3.8) is 0 Å². The van der Waals surface area contributed by atoms with Gasteiger partial charge in [-0.3, -0.25) is 0 Å². The van der Waals surface area contributed by atoms with Crippen LogP contribution in [0.5, 0.6) is 11.5 Å². The lowest BCUT2D eigenvalue weighted by Crippen LogP contribution is -2.53. The number of carboxylic acids is 1. The SMILES string of the molecule is O=C(O)c1ccccc1OC[C@H](Cc1ccccc1)Oc1ccc(C(O)(C(F)(F)F)C(F)(F)F)cc1. The monoisotopic (exact) mass is 514 g/mol. The minimum absolute atomic E-state index is 0.0578. The number of carboxylic acid groups (broad SMARTS) is 1. The fraction of sp³-hybridized carbons (Fsp3) is 0.240. The van der Waals surface area contributed by atoms with E-state index in [1.54, 1.807) is 36.4 Å². The largest absolute Gasteiger partial charge is 0.489 e. The third kappa shape index (κ3) is 5.91. The third-order valence-electron chi connectivity index (χ3n) is 5.24. The fourth-order valence-corrected chi connectivity index (χ4v) is 3.42. The van der Waals surface area contributed by atoms with Crippen LogP contribution in [0.3, 0.4) is 0 Å². The van der Waals surface area contributed by atoms with Crippen LogP contribution in [-0.4, -0.2) is 41.2 Å². The Morgan fingerprint density at radius 1 is 0.806 bits per heavy atom. The maximum Gasteiger partial charge on any atom is 0.430 e. The van der Waals surface area contributed by atoms with Crippen LogP contribution >= 0.6 is 0 Å². The van der Waals surface area contributed by atoms with E-state index in [4.69, 9.17) is 9.47 Å². The maximum atomic E-state index is 13.1. The summed E-state index contributed by atoms with van der Waals surface area (Å²) >= 11 is 0. The summed E-state index contributed by atoms with van der Waals surface area (Å²) in [5.41, 5.74) is -5.77. The second kappa shape index (κ2) is 10.5. The Labute approximate surface area is 201 Å². The van der Waals surface area contributed by atoms with Crippen LogP contribution in [-0.2, 0) is 12.0 Å². The lowest BCUT2D eigenvalue weighted by atomic mass is 9.92. The van der Waals surface area contributed by atoms with E-state index in [0.29, 0.717) is 12.1 Å². The van der Waals surface area contributed by atoms with Gasteiger partial charge in [-0.15, -0.1) is 0 Å². The van der Waals surface area contributed by atoms with Gasteiger partial charge in [-0.25, -0.2) is 4.79 Å². The van der Waals surface area contributed by atoms with Crippen LogP contribution in [0.25, 0.3) is 0 Å². The molecular formula is C25H20F6O5. The Hall–Kier alpha value is -3.73. The van der Waals surface area contributed by atoms with E-state index in [1.165, 1.54) is 18.2 Å². The highest BCUT2D eigenvalue weighted by Crippen LogP contribution is 2.50. The van der Waals surface area contributed by atoms with E-state index in [1.807, 2.05) is 0 Å². The molecule has 0 aliphatic carbocycles. The minimum atomic E-state index is -6.01. The summed E-state index contributed by atoms with van der Waals surface area (Å²) in [7, 11) is 0. The minimum Gasteiger partial charge on any atom is -0.489 e. The lowest BCUT2D eigenvalue weighted by molar-refractivity contribution is -0.376. The van der Waals surface area contributed by atoms with Crippen LogP contribution < -0.4 is 9.47 Å². The summed E-state index contributed by atoms with van der Waals surface area (Å²) in [5.74, 6) is -1.24. The second-order valence-electron chi connectivity index (χ2n) is 7.77. The van der Waals surface area contributed by atoms with Gasteiger partial charge in [-0.1, -0.05) is 54.6 Å². The summed E-state index contributed by atoms with van der Waals surface area (Å²) < 4.78 is 90.2. The first-order valence-corrected chi connectivity index (χ1v) is 10.4. The molecule has 1 atom stereocenters. The molecule has 3 aromatic rings. The molecule has 3 aromatic carbocycles. The number of alkyl halides is 6. The van der Waals surface area contributed by atoms with Crippen molar-refractivity contribution >= 4 is 5.97 Å². The van der Waals surface area contributed by atoms with Crippen molar-refractivity contribution in [2.45, 2.75) is 30.5 Å². The van der Waals surface area contributed by atoms with Gasteiger partial charge >= 0.3 is 18.3 Å². The smallest absolute Gasteiger partial charge is 0.430 e. The lowest BCUT2D eigenvalue weighted by Gasteiger charge is -2.32. The quantitative estimate of drug-likeness (QED) is 0.355. The Balaban J connectivity index is 1.84. The molecule has 0 saturated heterocycles. The van der Waals surface area contributed by atoms with E-state index >= 15 is 0 Å². The molecule has 3 rings (SSSR count). The predicted molar refractivity (Wildman–Crippen MR) is 116 cm³/mol. The van der Waals surface area contributed by atoms with Crippen molar-refractivity contribution in [3.05, 3.63) is 95.6 Å². The molecule has 0 aliphatic heterocycles. The van der Waals surface area contributed by atoms with Crippen LogP contribution in [0, 0.1) is 0 Å². The van der Waals surface area contributed by atoms with Gasteiger partial charge in [-0.05, 0) is 29.8 Å². The normalized spacial score (nSPS) is 13.2. The van der Waals surface area contributed by atoms with E-state index < -0.39 is 35.6 Å². The van der Waals surface area contributed by atoms with Crippen molar-refractivity contribution in [1.82, 2.24) is 0 Å². The molecule has 2 N–H and O–H groups in total. The molecule has 0 amide bonds. The maximum absolute atomic E-state index is 13.1. The van der Waals surface area contributed by atoms with E-state index in [2.05, 4.69) is 0 Å². The van der Waals surface area contributed by atoms with E-state index in [0.717, 1.165) is 17.7 Å². The number of carbonyl (C=O) groups is 1. The molecule has 0 radical (unpaired) electrons. The Bertz CT molecular complexity index is 1150. The zero-order valence-electron chi connectivity index (χ0n) is 18.4. The first-order chi connectivity index (χ1) is 16.8. The number of rotatable bonds is 9. The number of aliphatic hydroxyl groups is 1. The van der Waals surface area contributed by atoms with E-state index in [9.17, 15) is 41.4 Å². The fourth-order valence-electron chi connectivity index (χ4n) is 3.42. The number of halogens is 6. The Kier molecular flexibility index (Phi) is 7.83. The highest BCUT2D eigenvalue weighted by molar-refractivity contribution is 5.90. The Morgan fingerprint density at radius 3 is 1.92 bits per heavy atom. The second-order valence-corrected chi connectivity index (χ2v) is 7.77. The van der Waals surface area contributed by atoms with Crippen molar-refractivity contribution in [3.8, 4) is 11.5 Å². The summed E-state index contributed by atoms with van der Waals surface area (Å²) in [6, 6.07) is 17.4. The number of hydrogen-bond donors (Lipinski definition) is 2. The molecule has 0 bridgehead atoms. The number of ether oxygens (including phenoxy) is 2. The summed E-state index contributed by atoms with van der Waals surface area (Å²) in [6.07, 6.45) is -12.6. The Morgan fingerprint density at radius 2 is 1.36 bits per heavy atom. The number of para-hydroxylation sites is 1. The third-order valence-corrected chi connectivity index (χ3v) is 5.24. The van der Waals surface area contributed by atoms with Crippen LogP contribution in [0.15, 0.2) is 78.9 Å². The van der Waals surface area contributed by atoms with Crippen LogP contribution in [0.1, 0.15) is 21.5 Å². The van der Waals surface area contributed by atoms with Gasteiger partial charge in [0.15, 0.2) is 0 Å². The van der Waals surface area contributed by atoms with Crippen LogP contribution in [0.4, 0.5) is 26.3 Å². The van der Waals surface area contributed by atoms with Gasteiger partial charge < -0.3 is 19.7 Å². The standard InChI is InChI=1S/C25H20F6O5/c26-24(27,28)23(34,25(29,30)31)17-10-12-18(13-11-17)36-19(14-16-6-2-1-3-7-16)15-35-21-9-5-4-8-20(21)22(32)33/h1-13,19,34H,14-15H2,(H,32,33)/t19-/m0/s1. The molecule has 0 aromatic heterocycles. The van der Waals surface area contributed by atoms with E-state index in [-0.39, 0.29) is 30.1 Å². The van der Waals surface area contributed by atoms with Crippen molar-refractivity contribution in [1.29, 1.82) is 0 Å². The highest BCUT2D eigenvalue weighted by Gasteiger charge is 2.71. The molecule has 5 nitrogen and oxygen atoms in total. The van der Waals surface area contributed by atoms with Crippen LogP contribution in [0.2, 0.25) is 0 Å². The van der Waals surface area contributed by atoms with Gasteiger partial charge in [0.2, 0.25) is 0 Å². The van der Waals surface area contributed by atoms with Crippen molar-refractivity contribution < 1.29 is 50.8 Å². The molecule has 0 unspecified atom stereocenters. The average Bonchev–Trinajstić information content (AvgIpc) is 2.82. The number of aromatic carboxylic acids is 1. The topological polar surface area (TPSA) is 76.0 Å². The first-order valence-electron chi connectivity index (χ1n) is 10.4. The summed E-state index contributed by atoms with van der Waals surface area (Å²) in [4.78, 5) is 11.4. The van der Waals surface area contributed by atoms with Gasteiger partial charge in [-0.2, -0.15) is 26.3 Å². The van der Waals surface area contributed by atoms with Gasteiger partial charge in [0.05, 0.1) is 0 Å².